The van der Waals surface area contributed by atoms with Crippen molar-refractivity contribution in [2.75, 3.05) is 11.9 Å². The van der Waals surface area contributed by atoms with Crippen LogP contribution in [0, 0.1) is 5.92 Å². The van der Waals surface area contributed by atoms with Crippen molar-refractivity contribution in [1.29, 1.82) is 0 Å². The van der Waals surface area contributed by atoms with Crippen LogP contribution in [-0.2, 0) is 6.42 Å². The highest BCUT2D eigenvalue weighted by molar-refractivity contribution is 7.16. The van der Waals surface area contributed by atoms with E-state index in [4.69, 9.17) is 0 Å². The lowest BCUT2D eigenvalue weighted by Crippen LogP contribution is -2.27. The largest absolute Gasteiger partial charge is 0.396 e. The normalized spacial score (nSPS) is 23.1. The minimum Gasteiger partial charge on any atom is -0.396 e. The zero-order chi connectivity index (χ0) is 13.9. The number of aryl methyl sites for hydroxylation is 1. The van der Waals surface area contributed by atoms with Gasteiger partial charge in [-0.3, -0.25) is 0 Å². The van der Waals surface area contributed by atoms with E-state index in [0.29, 0.717) is 18.6 Å². The highest BCUT2D eigenvalue weighted by atomic mass is 32.1. The first-order valence-corrected chi connectivity index (χ1v) is 8.29. The second-order valence-electron chi connectivity index (χ2n) is 5.53. The molecule has 0 radical (unpaired) electrons. The van der Waals surface area contributed by atoms with Crippen molar-refractivity contribution in [3.05, 3.63) is 17.3 Å². The zero-order valence-corrected chi connectivity index (χ0v) is 12.6. The van der Waals surface area contributed by atoms with E-state index in [-0.39, 0.29) is 0 Å². The lowest BCUT2D eigenvalue weighted by Gasteiger charge is -2.28. The van der Waals surface area contributed by atoms with E-state index in [9.17, 15) is 5.11 Å². The van der Waals surface area contributed by atoms with Crippen LogP contribution < -0.4 is 5.32 Å². The van der Waals surface area contributed by atoms with Crippen molar-refractivity contribution in [2.24, 2.45) is 5.92 Å². The molecule has 5 heteroatoms. The number of aliphatic hydroxyl groups is 1. The average molecular weight is 291 g/mol. The minimum absolute atomic E-state index is 0.328. The minimum atomic E-state index is 0.328. The molecular formula is C15H21N3OS. The molecule has 2 heterocycles. The van der Waals surface area contributed by atoms with Gasteiger partial charge in [-0.2, -0.15) is 0 Å². The van der Waals surface area contributed by atoms with Gasteiger partial charge in [-0.15, -0.1) is 11.3 Å². The number of anilines is 1. The highest BCUT2D eigenvalue weighted by Crippen LogP contribution is 2.30. The quantitative estimate of drug-likeness (QED) is 0.908. The van der Waals surface area contributed by atoms with Crippen molar-refractivity contribution in [3.63, 3.8) is 0 Å². The van der Waals surface area contributed by atoms with Gasteiger partial charge in [-0.05, 0) is 43.0 Å². The van der Waals surface area contributed by atoms with E-state index in [1.54, 1.807) is 11.3 Å². The van der Waals surface area contributed by atoms with Gasteiger partial charge >= 0.3 is 0 Å². The van der Waals surface area contributed by atoms with E-state index in [0.717, 1.165) is 54.0 Å². The number of rotatable bonds is 4. The third-order valence-electron chi connectivity index (χ3n) is 4.13. The van der Waals surface area contributed by atoms with E-state index >= 15 is 0 Å². The summed E-state index contributed by atoms with van der Waals surface area (Å²) in [6.45, 7) is 2.42. The lowest BCUT2D eigenvalue weighted by molar-refractivity contribution is 0.186. The van der Waals surface area contributed by atoms with Gasteiger partial charge in [-0.25, -0.2) is 9.97 Å². The molecule has 108 valence electrons. The molecule has 4 nitrogen and oxygen atoms in total. The van der Waals surface area contributed by atoms with Gasteiger partial charge in [0, 0.05) is 19.1 Å². The third-order valence-corrected chi connectivity index (χ3v) is 4.94. The first-order chi connectivity index (χ1) is 9.80. The predicted molar refractivity (Wildman–Crippen MR) is 83.2 cm³/mol. The van der Waals surface area contributed by atoms with Crippen molar-refractivity contribution in [1.82, 2.24) is 9.97 Å². The molecule has 1 aliphatic rings. The van der Waals surface area contributed by atoms with Crippen LogP contribution in [0.15, 0.2) is 11.4 Å². The Bertz CT molecular complexity index is 576. The zero-order valence-electron chi connectivity index (χ0n) is 11.8. The Labute approximate surface area is 123 Å². The molecule has 3 rings (SSSR count). The van der Waals surface area contributed by atoms with Gasteiger partial charge in [-0.1, -0.05) is 6.92 Å². The molecule has 1 saturated carbocycles. The van der Waals surface area contributed by atoms with Crippen molar-refractivity contribution >= 4 is 27.4 Å². The molecule has 0 saturated heterocycles. The number of aliphatic hydroxyl groups excluding tert-OH is 1. The molecule has 1 aliphatic carbocycles. The van der Waals surface area contributed by atoms with Gasteiger partial charge in [0.2, 0.25) is 0 Å². The fourth-order valence-corrected chi connectivity index (χ4v) is 3.63. The molecule has 0 bridgehead atoms. The molecule has 2 aromatic heterocycles. The Morgan fingerprint density at radius 2 is 2.10 bits per heavy atom. The molecule has 0 amide bonds. The van der Waals surface area contributed by atoms with Crippen LogP contribution in [0.3, 0.4) is 0 Å². The van der Waals surface area contributed by atoms with Crippen molar-refractivity contribution in [2.45, 2.75) is 45.1 Å². The Hall–Kier alpha value is -1.20. The van der Waals surface area contributed by atoms with Crippen molar-refractivity contribution in [3.8, 4) is 0 Å². The summed E-state index contributed by atoms with van der Waals surface area (Å²) in [7, 11) is 0. The Kier molecular flexibility index (Phi) is 4.17. The maximum atomic E-state index is 9.21. The van der Waals surface area contributed by atoms with Crippen LogP contribution in [0.5, 0.6) is 0 Å². The maximum Gasteiger partial charge on any atom is 0.138 e. The summed E-state index contributed by atoms with van der Waals surface area (Å²) < 4.78 is 0. The fourth-order valence-electron chi connectivity index (χ4n) is 2.85. The van der Waals surface area contributed by atoms with Gasteiger partial charge < -0.3 is 10.4 Å². The predicted octanol–water partition coefficient (Wildman–Crippen LogP) is 3.22. The van der Waals surface area contributed by atoms with Gasteiger partial charge in [0.15, 0.2) is 0 Å². The number of hydrogen-bond acceptors (Lipinski definition) is 5. The molecule has 0 unspecified atom stereocenters. The lowest BCUT2D eigenvalue weighted by atomic mass is 9.86. The summed E-state index contributed by atoms with van der Waals surface area (Å²) in [5.41, 5.74) is 0. The summed E-state index contributed by atoms with van der Waals surface area (Å²) in [6.07, 6.45) is 5.30. The Balaban J connectivity index is 1.78. The number of nitrogens with one attached hydrogen (secondary N) is 1. The van der Waals surface area contributed by atoms with E-state index in [2.05, 4.69) is 33.7 Å². The number of fused-ring (bicyclic) bond motifs is 1. The van der Waals surface area contributed by atoms with Gasteiger partial charge in [0.05, 0.1) is 5.39 Å². The first kappa shape index (κ1) is 13.8. The molecule has 0 spiro atoms. The summed E-state index contributed by atoms with van der Waals surface area (Å²) in [5.74, 6) is 2.39. The smallest absolute Gasteiger partial charge is 0.138 e. The summed E-state index contributed by atoms with van der Waals surface area (Å²) in [6, 6.07) is 2.57. The van der Waals surface area contributed by atoms with E-state index in [1.165, 1.54) is 0 Å². The molecule has 2 N–H and O–H groups in total. The van der Waals surface area contributed by atoms with Crippen LogP contribution in [0.25, 0.3) is 10.2 Å². The highest BCUT2D eigenvalue weighted by Gasteiger charge is 2.21. The van der Waals surface area contributed by atoms with Crippen LogP contribution in [-0.4, -0.2) is 27.7 Å². The topological polar surface area (TPSA) is 58.0 Å². The SMILES string of the molecule is CCc1nc(NC2CCC(CO)CC2)c2ccsc2n1. The number of aromatic nitrogens is 2. The standard InChI is InChI=1S/C15H21N3OS/c1-2-13-17-14(12-7-8-20-15(12)18-13)16-11-5-3-10(9-19)4-6-11/h7-8,10-11,19H,2-6,9H2,1H3,(H,16,17,18). The molecular weight excluding hydrogens is 270 g/mol. The number of nitrogens with zero attached hydrogens (tertiary/aromatic N) is 2. The van der Waals surface area contributed by atoms with E-state index < -0.39 is 0 Å². The monoisotopic (exact) mass is 291 g/mol. The first-order valence-electron chi connectivity index (χ1n) is 7.41. The molecule has 0 aliphatic heterocycles. The summed E-state index contributed by atoms with van der Waals surface area (Å²) >= 11 is 1.67. The Morgan fingerprint density at radius 3 is 2.80 bits per heavy atom. The average Bonchev–Trinajstić information content (AvgIpc) is 2.96. The molecule has 1 fully saturated rings. The number of hydrogen-bond donors (Lipinski definition) is 2. The molecule has 2 aromatic rings. The molecule has 0 atom stereocenters. The maximum absolute atomic E-state index is 9.21. The second-order valence-corrected chi connectivity index (χ2v) is 6.42. The Morgan fingerprint density at radius 1 is 1.30 bits per heavy atom. The second kappa shape index (κ2) is 6.06. The van der Waals surface area contributed by atoms with Crippen LogP contribution in [0.4, 0.5) is 5.82 Å². The number of thiophene rings is 1. The van der Waals surface area contributed by atoms with E-state index in [1.807, 2.05) is 0 Å². The summed E-state index contributed by atoms with van der Waals surface area (Å²) in [5, 5.41) is 16.0. The molecule has 0 aromatic carbocycles. The third kappa shape index (κ3) is 2.79. The molecule has 20 heavy (non-hydrogen) atoms. The van der Waals surface area contributed by atoms with Crippen LogP contribution in [0.1, 0.15) is 38.4 Å². The summed E-state index contributed by atoms with van der Waals surface area (Å²) in [4.78, 5) is 10.3. The fraction of sp³-hybridized carbons (Fsp3) is 0.600. The van der Waals surface area contributed by atoms with Crippen LogP contribution >= 0.6 is 11.3 Å². The van der Waals surface area contributed by atoms with Gasteiger partial charge in [0.25, 0.3) is 0 Å². The van der Waals surface area contributed by atoms with Crippen LogP contribution in [0.2, 0.25) is 0 Å². The van der Waals surface area contributed by atoms with Crippen molar-refractivity contribution < 1.29 is 5.11 Å². The van der Waals surface area contributed by atoms with Gasteiger partial charge in [0.1, 0.15) is 16.5 Å².